The van der Waals surface area contributed by atoms with Gasteiger partial charge in [0.25, 0.3) is 0 Å². The molecule has 0 saturated carbocycles. The molecule has 1 aromatic heterocycles. The summed E-state index contributed by atoms with van der Waals surface area (Å²) in [5.74, 6) is -0.331. The third kappa shape index (κ3) is 3.15. The number of benzene rings is 3. The number of carbonyl (C=O) groups is 2. The van der Waals surface area contributed by atoms with E-state index < -0.39 is 5.41 Å². The van der Waals surface area contributed by atoms with Gasteiger partial charge in [0.1, 0.15) is 0 Å². The molecule has 1 aliphatic rings. The van der Waals surface area contributed by atoms with Gasteiger partial charge >= 0.3 is 0 Å². The van der Waals surface area contributed by atoms with Crippen molar-refractivity contribution in [2.75, 3.05) is 0 Å². The highest BCUT2D eigenvalue weighted by Crippen LogP contribution is 2.40. The smallest absolute Gasteiger partial charge is 0.188 e. The summed E-state index contributed by atoms with van der Waals surface area (Å²) < 4.78 is 1.93. The zero-order valence-corrected chi connectivity index (χ0v) is 18.8. The Balaban J connectivity index is 0.00000218. The molecule has 3 nitrogen and oxygen atoms in total. The van der Waals surface area contributed by atoms with Crippen molar-refractivity contribution in [2.24, 2.45) is 0 Å². The number of rotatable bonds is 3. The number of aromatic nitrogens is 1. The minimum Gasteiger partial charge on any atom is -1.00 e. The van der Waals surface area contributed by atoms with E-state index in [1.54, 1.807) is 48.5 Å². The van der Waals surface area contributed by atoms with E-state index in [-0.39, 0.29) is 42.1 Å². The average Bonchev–Trinajstić information content (AvgIpc) is 2.97. The normalized spacial score (nSPS) is 14.4. The zero-order valence-electron chi connectivity index (χ0n) is 15.9. The number of pyridine rings is 1. The van der Waals surface area contributed by atoms with Crippen LogP contribution in [0.1, 0.15) is 26.3 Å². The Hall–Kier alpha value is -2.57. The Morgan fingerprint density at radius 3 is 1.93 bits per heavy atom. The Kier molecular flexibility index (Phi) is 5.47. The summed E-state index contributed by atoms with van der Waals surface area (Å²) in [6.45, 7) is 0.228. The van der Waals surface area contributed by atoms with Crippen LogP contribution in [0.25, 0.3) is 10.8 Å². The standard InChI is InChI=1S/C25H17ClNO2.HI/c26-20-11-9-19(10-12-20)25(23(28)21-7-3-4-8-22(21)24(25)29)16-27-14-13-17-5-1-2-6-18(17)15-27;/h1-15H,16H2;1H/q+1;/p-1. The molecular weight excluding hydrogens is 509 g/mol. The number of nitrogens with zero attached hydrogens (tertiary/aromatic N) is 1. The molecule has 0 saturated heterocycles. The van der Waals surface area contributed by atoms with Gasteiger partial charge in [-0.2, -0.15) is 0 Å². The monoisotopic (exact) mass is 525 g/mol. The largest absolute Gasteiger partial charge is 1.00 e. The van der Waals surface area contributed by atoms with Gasteiger partial charge in [-0.3, -0.25) is 9.59 Å². The lowest BCUT2D eigenvalue weighted by molar-refractivity contribution is -0.699. The highest BCUT2D eigenvalue weighted by molar-refractivity contribution is 6.33. The molecule has 0 aliphatic heterocycles. The van der Waals surface area contributed by atoms with Crippen LogP contribution < -0.4 is 28.5 Å². The fraction of sp³-hybridized carbons (Fsp3) is 0.0800. The van der Waals surface area contributed by atoms with Gasteiger partial charge in [-0.25, -0.2) is 4.57 Å². The summed E-state index contributed by atoms with van der Waals surface area (Å²) in [5.41, 5.74) is 0.318. The van der Waals surface area contributed by atoms with Gasteiger partial charge in [0.05, 0.1) is 0 Å². The maximum Gasteiger partial charge on any atom is 0.188 e. The SMILES string of the molecule is O=C1c2ccccc2C(=O)C1(C[n+]1ccc2ccccc2c1)c1ccc(Cl)cc1.[I-]. The number of hydrogen-bond acceptors (Lipinski definition) is 2. The number of carbonyl (C=O) groups excluding carboxylic acids is 2. The van der Waals surface area contributed by atoms with E-state index in [2.05, 4.69) is 0 Å². The molecule has 0 spiro atoms. The lowest BCUT2D eigenvalue weighted by Crippen LogP contribution is -3.00. The van der Waals surface area contributed by atoms with Crippen LogP contribution >= 0.6 is 11.6 Å². The molecule has 5 heteroatoms. The quantitative estimate of drug-likeness (QED) is 0.233. The van der Waals surface area contributed by atoms with Gasteiger partial charge in [0.2, 0.25) is 0 Å². The molecule has 0 bridgehead atoms. The number of halogens is 2. The molecule has 0 unspecified atom stereocenters. The summed E-state index contributed by atoms with van der Waals surface area (Å²) in [6, 6.07) is 24.1. The second kappa shape index (κ2) is 7.93. The van der Waals surface area contributed by atoms with Crippen molar-refractivity contribution in [3.63, 3.8) is 0 Å². The van der Waals surface area contributed by atoms with Gasteiger partial charge in [-0.15, -0.1) is 0 Å². The van der Waals surface area contributed by atoms with Crippen molar-refractivity contribution < 1.29 is 38.1 Å². The van der Waals surface area contributed by atoms with Crippen molar-refractivity contribution in [1.29, 1.82) is 0 Å². The van der Waals surface area contributed by atoms with Crippen molar-refractivity contribution in [3.05, 3.63) is 113 Å². The third-order valence-corrected chi connectivity index (χ3v) is 5.95. The molecule has 30 heavy (non-hydrogen) atoms. The first-order valence-corrected chi connectivity index (χ1v) is 9.80. The van der Waals surface area contributed by atoms with Crippen LogP contribution in [0.5, 0.6) is 0 Å². The highest BCUT2D eigenvalue weighted by atomic mass is 127. The van der Waals surface area contributed by atoms with Crippen LogP contribution in [0.2, 0.25) is 5.02 Å². The van der Waals surface area contributed by atoms with E-state index in [1.807, 2.05) is 47.3 Å². The second-order valence-corrected chi connectivity index (χ2v) is 7.80. The maximum absolute atomic E-state index is 13.6. The molecule has 1 aliphatic carbocycles. The molecular formula is C25H17ClINO2. The second-order valence-electron chi connectivity index (χ2n) is 7.36. The van der Waals surface area contributed by atoms with Crippen LogP contribution in [-0.4, -0.2) is 11.6 Å². The Bertz CT molecular complexity index is 1250. The van der Waals surface area contributed by atoms with Crippen LogP contribution in [0.15, 0.2) is 91.3 Å². The van der Waals surface area contributed by atoms with Crippen molar-refractivity contribution in [3.8, 4) is 0 Å². The van der Waals surface area contributed by atoms with Gasteiger partial charge in [-0.1, -0.05) is 66.2 Å². The maximum atomic E-state index is 13.6. The summed E-state index contributed by atoms with van der Waals surface area (Å²) in [4.78, 5) is 27.2. The highest BCUT2D eigenvalue weighted by Gasteiger charge is 2.57. The first kappa shape index (κ1) is 20.7. The van der Waals surface area contributed by atoms with E-state index in [0.29, 0.717) is 21.7 Å². The molecule has 0 fully saturated rings. The number of ketones is 2. The molecule has 1 heterocycles. The molecule has 0 amide bonds. The fourth-order valence-electron chi connectivity index (χ4n) is 4.22. The Morgan fingerprint density at radius 2 is 1.30 bits per heavy atom. The molecule has 0 atom stereocenters. The lowest BCUT2D eigenvalue weighted by atomic mass is 9.75. The number of fused-ring (bicyclic) bond motifs is 2. The predicted octanol–water partition coefficient (Wildman–Crippen LogP) is 1.80. The van der Waals surface area contributed by atoms with Crippen LogP contribution in [0.4, 0.5) is 0 Å². The predicted molar refractivity (Wildman–Crippen MR) is 112 cm³/mol. The van der Waals surface area contributed by atoms with E-state index in [0.717, 1.165) is 10.8 Å². The Morgan fingerprint density at radius 1 is 0.733 bits per heavy atom. The molecule has 3 aromatic carbocycles. The van der Waals surface area contributed by atoms with Gasteiger partial charge in [-0.05, 0) is 29.1 Å². The number of hydrogen-bond donors (Lipinski definition) is 0. The van der Waals surface area contributed by atoms with Gasteiger partial charge in [0, 0.05) is 27.6 Å². The van der Waals surface area contributed by atoms with Gasteiger partial charge in [0.15, 0.2) is 35.9 Å². The first-order valence-electron chi connectivity index (χ1n) is 9.42. The molecule has 148 valence electrons. The van der Waals surface area contributed by atoms with E-state index in [9.17, 15) is 9.59 Å². The van der Waals surface area contributed by atoms with Crippen LogP contribution in [-0.2, 0) is 12.0 Å². The van der Waals surface area contributed by atoms with E-state index in [1.165, 1.54) is 0 Å². The molecule has 0 radical (unpaired) electrons. The minimum absolute atomic E-state index is 0. The lowest BCUT2D eigenvalue weighted by Gasteiger charge is -2.23. The first-order chi connectivity index (χ1) is 14.1. The fourth-order valence-corrected chi connectivity index (χ4v) is 4.35. The summed E-state index contributed by atoms with van der Waals surface area (Å²) in [5, 5.41) is 2.73. The van der Waals surface area contributed by atoms with E-state index >= 15 is 0 Å². The third-order valence-electron chi connectivity index (χ3n) is 5.69. The Labute approximate surface area is 196 Å². The van der Waals surface area contributed by atoms with Crippen LogP contribution in [0, 0.1) is 0 Å². The zero-order chi connectivity index (χ0) is 20.0. The molecule has 4 aromatic rings. The average molecular weight is 526 g/mol. The molecule has 0 N–H and O–H groups in total. The summed E-state index contributed by atoms with van der Waals surface area (Å²) >= 11 is 6.08. The molecule has 5 rings (SSSR count). The van der Waals surface area contributed by atoms with Gasteiger partial charge < -0.3 is 24.0 Å². The summed E-state index contributed by atoms with van der Waals surface area (Å²) in [7, 11) is 0. The van der Waals surface area contributed by atoms with Crippen molar-refractivity contribution in [2.45, 2.75) is 12.0 Å². The minimum atomic E-state index is -1.30. The van der Waals surface area contributed by atoms with Crippen molar-refractivity contribution >= 4 is 33.9 Å². The van der Waals surface area contributed by atoms with Crippen molar-refractivity contribution in [1.82, 2.24) is 0 Å². The van der Waals surface area contributed by atoms with Crippen LogP contribution in [0.3, 0.4) is 0 Å². The van der Waals surface area contributed by atoms with E-state index in [4.69, 9.17) is 11.6 Å². The summed E-state index contributed by atoms with van der Waals surface area (Å²) in [6.07, 6.45) is 3.90. The topological polar surface area (TPSA) is 38.0 Å². The number of Topliss-reactive ketones (excluding diaryl/α,β-unsaturated/α-hetero) is 2.